The molecule has 0 unspecified atom stereocenters. The van der Waals surface area contributed by atoms with Gasteiger partial charge in [-0.3, -0.25) is 14.6 Å². The van der Waals surface area contributed by atoms with E-state index < -0.39 is 0 Å². The Hall–Kier alpha value is -3.54. The maximum Gasteiger partial charge on any atom is 0.258 e. The van der Waals surface area contributed by atoms with Crippen molar-refractivity contribution in [2.75, 3.05) is 11.4 Å². The van der Waals surface area contributed by atoms with Crippen LogP contribution in [0.1, 0.15) is 31.8 Å². The Morgan fingerprint density at radius 3 is 2.61 bits per heavy atom. The maximum atomic E-state index is 13.1. The molecule has 0 fully saturated rings. The molecule has 0 spiro atoms. The zero-order valence-corrected chi connectivity index (χ0v) is 15.1. The minimum Gasteiger partial charge on any atom is -0.348 e. The Bertz CT molecular complexity index is 1020. The third kappa shape index (κ3) is 3.62. The number of anilines is 1. The summed E-state index contributed by atoms with van der Waals surface area (Å²) in [6.07, 6.45) is 4.10. The number of fused-ring (bicyclic) bond motifs is 1. The lowest BCUT2D eigenvalue weighted by Gasteiger charge is -2.18. The Labute approximate surface area is 161 Å². The molecule has 0 saturated heterocycles. The van der Waals surface area contributed by atoms with Crippen molar-refractivity contribution in [3.05, 3.63) is 95.1 Å². The van der Waals surface area contributed by atoms with Gasteiger partial charge in [-0.05, 0) is 60.0 Å². The van der Waals surface area contributed by atoms with Crippen molar-refractivity contribution >= 4 is 17.5 Å². The molecule has 5 nitrogen and oxygen atoms in total. The topological polar surface area (TPSA) is 62.3 Å². The number of carbonyl (C=O) groups is 2. The van der Waals surface area contributed by atoms with Crippen LogP contribution in [0.15, 0.2) is 67.0 Å². The molecule has 1 aliphatic heterocycles. The van der Waals surface area contributed by atoms with Crippen molar-refractivity contribution in [2.45, 2.75) is 13.0 Å². The quantitative estimate of drug-likeness (QED) is 0.761. The van der Waals surface area contributed by atoms with Gasteiger partial charge in [0.15, 0.2) is 0 Å². The number of aromatic nitrogens is 1. The number of benzene rings is 2. The number of carbonyl (C=O) groups excluding carboxylic acids is 2. The third-order valence-corrected chi connectivity index (χ3v) is 4.76. The summed E-state index contributed by atoms with van der Waals surface area (Å²) in [6, 6.07) is 14.6. The first kappa shape index (κ1) is 17.9. The van der Waals surface area contributed by atoms with Crippen LogP contribution in [0.3, 0.4) is 0 Å². The number of hydrogen-bond donors (Lipinski definition) is 1. The number of halogens is 1. The molecule has 0 atom stereocenters. The van der Waals surface area contributed by atoms with E-state index in [9.17, 15) is 14.0 Å². The van der Waals surface area contributed by atoms with E-state index in [1.165, 1.54) is 24.3 Å². The van der Waals surface area contributed by atoms with E-state index in [1.54, 1.807) is 29.4 Å². The fourth-order valence-electron chi connectivity index (χ4n) is 3.27. The minimum absolute atomic E-state index is 0.202. The van der Waals surface area contributed by atoms with E-state index >= 15 is 0 Å². The highest BCUT2D eigenvalue weighted by atomic mass is 19.1. The number of amides is 2. The van der Waals surface area contributed by atoms with E-state index in [2.05, 4.69) is 10.3 Å². The molecule has 2 aromatic carbocycles. The standard InChI is InChI=1S/C22H18FN3O2/c23-19-7-5-17(6-8-19)22(28)26-11-9-16-3-4-18(12-20(16)26)21(27)25-14-15-2-1-10-24-13-15/h1-8,10,12-13H,9,11,14H2,(H,25,27). The molecular formula is C22H18FN3O2. The molecule has 1 aromatic heterocycles. The van der Waals surface area contributed by atoms with Crippen LogP contribution < -0.4 is 10.2 Å². The van der Waals surface area contributed by atoms with E-state index in [1.807, 2.05) is 18.2 Å². The number of rotatable bonds is 4. The first-order chi connectivity index (χ1) is 13.6. The van der Waals surface area contributed by atoms with Crippen LogP contribution in [-0.2, 0) is 13.0 Å². The molecule has 0 saturated carbocycles. The van der Waals surface area contributed by atoms with Crippen molar-refractivity contribution in [2.24, 2.45) is 0 Å². The minimum atomic E-state index is -0.383. The molecular weight excluding hydrogens is 357 g/mol. The normalized spacial score (nSPS) is 12.5. The van der Waals surface area contributed by atoms with Crippen molar-refractivity contribution in [3.63, 3.8) is 0 Å². The molecule has 6 heteroatoms. The molecule has 2 heterocycles. The van der Waals surface area contributed by atoms with Gasteiger partial charge in [0.1, 0.15) is 5.82 Å². The zero-order chi connectivity index (χ0) is 19.5. The van der Waals surface area contributed by atoms with Gasteiger partial charge in [-0.15, -0.1) is 0 Å². The smallest absolute Gasteiger partial charge is 0.258 e. The van der Waals surface area contributed by atoms with Crippen LogP contribution in [0, 0.1) is 5.82 Å². The van der Waals surface area contributed by atoms with Crippen LogP contribution >= 0.6 is 0 Å². The molecule has 4 rings (SSSR count). The van der Waals surface area contributed by atoms with Gasteiger partial charge < -0.3 is 10.2 Å². The Balaban J connectivity index is 1.52. The molecule has 0 aliphatic carbocycles. The Morgan fingerprint density at radius 2 is 1.86 bits per heavy atom. The van der Waals surface area contributed by atoms with Crippen LogP contribution in [0.25, 0.3) is 0 Å². The van der Waals surface area contributed by atoms with Crippen molar-refractivity contribution < 1.29 is 14.0 Å². The summed E-state index contributed by atoms with van der Waals surface area (Å²) >= 11 is 0. The van der Waals surface area contributed by atoms with Crippen LogP contribution in [0.5, 0.6) is 0 Å². The molecule has 3 aromatic rings. The van der Waals surface area contributed by atoms with Gasteiger partial charge in [-0.1, -0.05) is 12.1 Å². The van der Waals surface area contributed by atoms with Gasteiger partial charge in [0.25, 0.3) is 11.8 Å². The molecule has 1 aliphatic rings. The average molecular weight is 375 g/mol. The lowest BCUT2D eigenvalue weighted by molar-refractivity contribution is 0.0948. The Morgan fingerprint density at radius 1 is 1.07 bits per heavy atom. The fourth-order valence-corrected chi connectivity index (χ4v) is 3.27. The largest absolute Gasteiger partial charge is 0.348 e. The summed E-state index contributed by atoms with van der Waals surface area (Å²) in [4.78, 5) is 31.0. The summed E-state index contributed by atoms with van der Waals surface area (Å²) in [7, 11) is 0. The SMILES string of the molecule is O=C(NCc1cccnc1)c1ccc2c(c1)N(C(=O)c1ccc(F)cc1)CC2. The monoisotopic (exact) mass is 375 g/mol. The fraction of sp³-hybridized carbons (Fsp3) is 0.136. The van der Waals surface area contributed by atoms with Crippen LogP contribution in [0.2, 0.25) is 0 Å². The lowest BCUT2D eigenvalue weighted by Crippen LogP contribution is -2.29. The van der Waals surface area contributed by atoms with Crippen molar-refractivity contribution in [1.82, 2.24) is 10.3 Å². The van der Waals surface area contributed by atoms with Crippen LogP contribution in [0.4, 0.5) is 10.1 Å². The van der Waals surface area contributed by atoms with E-state index in [-0.39, 0.29) is 17.6 Å². The maximum absolute atomic E-state index is 13.1. The lowest BCUT2D eigenvalue weighted by atomic mass is 10.1. The number of nitrogens with zero attached hydrogens (tertiary/aromatic N) is 2. The van der Waals surface area contributed by atoms with Gasteiger partial charge >= 0.3 is 0 Å². The second-order valence-corrected chi connectivity index (χ2v) is 6.60. The number of hydrogen-bond acceptors (Lipinski definition) is 3. The summed E-state index contributed by atoms with van der Waals surface area (Å²) < 4.78 is 13.1. The van der Waals surface area contributed by atoms with E-state index in [0.717, 1.165) is 23.2 Å². The van der Waals surface area contributed by atoms with Crippen molar-refractivity contribution in [3.8, 4) is 0 Å². The first-order valence-corrected chi connectivity index (χ1v) is 8.99. The van der Waals surface area contributed by atoms with E-state index in [0.29, 0.717) is 24.2 Å². The predicted octanol–water partition coefficient (Wildman–Crippen LogP) is 3.35. The highest BCUT2D eigenvalue weighted by Gasteiger charge is 2.26. The van der Waals surface area contributed by atoms with Gasteiger partial charge in [0.05, 0.1) is 0 Å². The zero-order valence-electron chi connectivity index (χ0n) is 15.1. The predicted molar refractivity (Wildman–Crippen MR) is 104 cm³/mol. The van der Waals surface area contributed by atoms with Gasteiger partial charge in [-0.2, -0.15) is 0 Å². The highest BCUT2D eigenvalue weighted by molar-refractivity contribution is 6.08. The van der Waals surface area contributed by atoms with Crippen LogP contribution in [-0.4, -0.2) is 23.3 Å². The van der Waals surface area contributed by atoms with E-state index in [4.69, 9.17) is 0 Å². The van der Waals surface area contributed by atoms with Crippen molar-refractivity contribution in [1.29, 1.82) is 0 Å². The first-order valence-electron chi connectivity index (χ1n) is 8.99. The summed E-state index contributed by atoms with van der Waals surface area (Å²) in [5, 5.41) is 2.86. The number of pyridine rings is 1. The third-order valence-electron chi connectivity index (χ3n) is 4.76. The highest BCUT2D eigenvalue weighted by Crippen LogP contribution is 2.30. The molecule has 2 amide bonds. The molecule has 28 heavy (non-hydrogen) atoms. The van der Waals surface area contributed by atoms with Gasteiger partial charge in [0, 0.05) is 42.3 Å². The average Bonchev–Trinajstić information content (AvgIpc) is 3.16. The Kier molecular flexibility index (Phi) is 4.85. The summed E-state index contributed by atoms with van der Waals surface area (Å²) in [6.45, 7) is 0.911. The second-order valence-electron chi connectivity index (χ2n) is 6.60. The summed E-state index contributed by atoms with van der Waals surface area (Å²) in [5.41, 5.74) is 3.55. The second kappa shape index (κ2) is 7.60. The molecule has 0 radical (unpaired) electrons. The van der Waals surface area contributed by atoms with Gasteiger partial charge in [0.2, 0.25) is 0 Å². The molecule has 0 bridgehead atoms. The molecule has 1 N–H and O–H groups in total. The van der Waals surface area contributed by atoms with Gasteiger partial charge in [-0.25, -0.2) is 4.39 Å². The number of nitrogens with one attached hydrogen (secondary N) is 1. The summed E-state index contributed by atoms with van der Waals surface area (Å²) in [5.74, 6) is -0.801. The molecule has 140 valence electrons.